The summed E-state index contributed by atoms with van der Waals surface area (Å²) in [6, 6.07) is 15.2. The summed E-state index contributed by atoms with van der Waals surface area (Å²) >= 11 is 0. The van der Waals surface area contributed by atoms with E-state index in [2.05, 4.69) is 22.6 Å². The maximum Gasteiger partial charge on any atom is 0.343 e. The second-order valence-electron chi connectivity index (χ2n) is 9.52. The van der Waals surface area contributed by atoms with Gasteiger partial charge < -0.3 is 4.74 Å². The average Bonchev–Trinajstić information content (AvgIpc) is 2.84. The fourth-order valence-corrected chi connectivity index (χ4v) is 7.08. The Kier molecular flexibility index (Phi) is 8.27. The minimum atomic E-state index is -3.53. The molecule has 2 aromatic carbocycles. The molecule has 1 N–H and O–H groups in total. The Labute approximate surface area is 209 Å². The van der Waals surface area contributed by atoms with E-state index in [1.54, 1.807) is 12.1 Å². The number of carbonyl (C=O) groups is 1. The third kappa shape index (κ3) is 5.77. The number of hydrogen-bond acceptors (Lipinski definition) is 5. The summed E-state index contributed by atoms with van der Waals surface area (Å²) in [7, 11) is -3.53. The van der Waals surface area contributed by atoms with Crippen LogP contribution in [0.5, 0.6) is 5.75 Å². The average molecular weight is 500 g/mol. The highest BCUT2D eigenvalue weighted by molar-refractivity contribution is 7.87. The van der Waals surface area contributed by atoms with Gasteiger partial charge in [-0.25, -0.2) is 4.79 Å². The molecule has 1 fully saturated rings. The molecule has 8 heteroatoms. The van der Waals surface area contributed by atoms with Crippen LogP contribution in [-0.4, -0.2) is 61.9 Å². The van der Waals surface area contributed by atoms with Crippen LogP contribution in [0.2, 0.25) is 0 Å². The van der Waals surface area contributed by atoms with Gasteiger partial charge in [-0.05, 0) is 67.5 Å². The van der Waals surface area contributed by atoms with Gasteiger partial charge in [-0.15, -0.1) is 0 Å². The van der Waals surface area contributed by atoms with Crippen molar-refractivity contribution in [3.8, 4) is 5.75 Å². The molecule has 2 aromatic rings. The zero-order valence-corrected chi connectivity index (χ0v) is 21.8. The number of ether oxygens (including phenoxy) is 1. The molecule has 3 atom stereocenters. The lowest BCUT2D eigenvalue weighted by Crippen LogP contribution is -2.59. The number of piperidine rings is 1. The van der Waals surface area contributed by atoms with E-state index in [0.29, 0.717) is 37.0 Å². The van der Waals surface area contributed by atoms with Gasteiger partial charge in [0.05, 0.1) is 5.56 Å². The molecule has 0 bridgehead atoms. The van der Waals surface area contributed by atoms with Crippen molar-refractivity contribution >= 4 is 16.2 Å². The van der Waals surface area contributed by atoms with E-state index < -0.39 is 10.2 Å². The molecule has 0 amide bonds. The van der Waals surface area contributed by atoms with Crippen LogP contribution in [0.4, 0.5) is 0 Å². The first-order chi connectivity index (χ1) is 16.9. The van der Waals surface area contributed by atoms with E-state index in [9.17, 15) is 13.2 Å². The Hall–Kier alpha value is -2.26. The minimum Gasteiger partial charge on any atom is -0.423 e. The lowest BCUT2D eigenvalue weighted by molar-refractivity contribution is 0.0656. The first-order valence-electron chi connectivity index (χ1n) is 12.8. The van der Waals surface area contributed by atoms with Crippen molar-refractivity contribution in [2.24, 2.45) is 5.92 Å². The molecule has 190 valence electrons. The topological polar surface area (TPSA) is 79.0 Å². The lowest BCUT2D eigenvalue weighted by atomic mass is 9.74. The highest BCUT2D eigenvalue weighted by Crippen LogP contribution is 2.39. The van der Waals surface area contributed by atoms with Gasteiger partial charge in [0.1, 0.15) is 5.75 Å². The van der Waals surface area contributed by atoms with Crippen LogP contribution in [0, 0.1) is 5.92 Å². The first-order valence-corrected chi connectivity index (χ1v) is 14.2. The van der Waals surface area contributed by atoms with Crippen LogP contribution in [-0.2, 0) is 23.1 Å². The van der Waals surface area contributed by atoms with Gasteiger partial charge in [-0.2, -0.15) is 17.4 Å². The minimum absolute atomic E-state index is 0.144. The molecule has 4 rings (SSSR count). The number of carbonyl (C=O) groups excluding carboxylic acids is 1. The monoisotopic (exact) mass is 499 g/mol. The van der Waals surface area contributed by atoms with E-state index >= 15 is 0 Å². The van der Waals surface area contributed by atoms with Crippen molar-refractivity contribution < 1.29 is 17.9 Å². The molecule has 0 radical (unpaired) electrons. The van der Waals surface area contributed by atoms with Gasteiger partial charge in [-0.1, -0.05) is 51.1 Å². The Morgan fingerprint density at radius 2 is 1.80 bits per heavy atom. The highest BCUT2D eigenvalue weighted by atomic mass is 32.2. The number of hydrogen-bond donors (Lipinski definition) is 1. The number of nitrogens with one attached hydrogen (secondary N) is 1. The second kappa shape index (κ2) is 11.2. The van der Waals surface area contributed by atoms with E-state index in [0.717, 1.165) is 37.8 Å². The molecule has 1 aliphatic heterocycles. The third-order valence-electron chi connectivity index (χ3n) is 7.26. The molecule has 0 saturated carbocycles. The predicted molar refractivity (Wildman–Crippen MR) is 138 cm³/mol. The van der Waals surface area contributed by atoms with E-state index in [1.807, 2.05) is 44.2 Å². The molecule has 7 nitrogen and oxygen atoms in total. The summed E-state index contributed by atoms with van der Waals surface area (Å²) in [5.74, 6) is 0.536. The van der Waals surface area contributed by atoms with Crippen LogP contribution >= 0.6 is 0 Å². The number of nitrogens with zero attached hydrogens (tertiary/aromatic N) is 2. The molecule has 2 aliphatic rings. The molecule has 0 aromatic heterocycles. The van der Waals surface area contributed by atoms with E-state index in [-0.39, 0.29) is 17.9 Å². The van der Waals surface area contributed by atoms with Crippen molar-refractivity contribution in [2.45, 2.75) is 58.5 Å². The second-order valence-corrected chi connectivity index (χ2v) is 11.2. The standard InChI is InChI=1S/C27H37N3O4S/c1-4-15-29-19-23(28-35(32,33)30(5-2)6-3)16-22-17-24-21(18-25(22)29)13-10-14-26(24)34-27(31)20-11-8-7-9-12-20/h7-14,22-23,25,28H,4-6,15-19H2,1-3H3. The Balaban J connectivity index is 1.56. The molecule has 1 saturated heterocycles. The fourth-order valence-electron chi connectivity index (χ4n) is 5.66. The molecular weight excluding hydrogens is 462 g/mol. The van der Waals surface area contributed by atoms with Crippen molar-refractivity contribution in [3.05, 3.63) is 65.2 Å². The van der Waals surface area contributed by atoms with Crippen LogP contribution in [0.1, 0.15) is 55.1 Å². The third-order valence-corrected chi connectivity index (χ3v) is 9.09. The van der Waals surface area contributed by atoms with Crippen LogP contribution in [0.3, 0.4) is 0 Å². The molecule has 1 heterocycles. The quantitative estimate of drug-likeness (QED) is 0.421. The lowest BCUT2D eigenvalue weighted by Gasteiger charge is -2.48. The summed E-state index contributed by atoms with van der Waals surface area (Å²) in [5, 5.41) is 0. The largest absolute Gasteiger partial charge is 0.423 e. The number of esters is 1. The maximum absolute atomic E-state index is 12.9. The van der Waals surface area contributed by atoms with Gasteiger partial charge in [0.2, 0.25) is 0 Å². The number of benzene rings is 2. The molecule has 0 spiro atoms. The SMILES string of the molecule is CCCN1CC(NS(=O)(=O)N(CC)CC)CC2Cc3c(cccc3OC(=O)c3ccccc3)CC21. The van der Waals surface area contributed by atoms with Crippen molar-refractivity contribution in [2.75, 3.05) is 26.2 Å². The van der Waals surface area contributed by atoms with Gasteiger partial charge in [0.25, 0.3) is 10.2 Å². The summed E-state index contributed by atoms with van der Waals surface area (Å²) in [6.07, 6.45) is 3.43. The Morgan fingerprint density at radius 3 is 2.49 bits per heavy atom. The smallest absolute Gasteiger partial charge is 0.343 e. The van der Waals surface area contributed by atoms with E-state index in [1.165, 1.54) is 9.87 Å². The predicted octanol–water partition coefficient (Wildman–Crippen LogP) is 3.65. The fraction of sp³-hybridized carbons (Fsp3) is 0.519. The molecule has 1 aliphatic carbocycles. The van der Waals surface area contributed by atoms with E-state index in [4.69, 9.17) is 4.74 Å². The summed E-state index contributed by atoms with van der Waals surface area (Å²) in [4.78, 5) is 15.2. The summed E-state index contributed by atoms with van der Waals surface area (Å²) in [5.41, 5.74) is 2.81. The van der Waals surface area contributed by atoms with Gasteiger partial charge in [-0.3, -0.25) is 4.90 Å². The maximum atomic E-state index is 12.9. The van der Waals surface area contributed by atoms with Crippen molar-refractivity contribution in [3.63, 3.8) is 0 Å². The van der Waals surface area contributed by atoms with Gasteiger partial charge in [0, 0.05) is 31.7 Å². The van der Waals surface area contributed by atoms with Crippen molar-refractivity contribution in [1.82, 2.24) is 13.9 Å². The molecule has 35 heavy (non-hydrogen) atoms. The summed E-state index contributed by atoms with van der Waals surface area (Å²) < 4.78 is 36.2. The molecular formula is C27H37N3O4S. The zero-order valence-electron chi connectivity index (χ0n) is 20.9. The Morgan fingerprint density at radius 1 is 1.06 bits per heavy atom. The van der Waals surface area contributed by atoms with Gasteiger partial charge in [0.15, 0.2) is 0 Å². The van der Waals surface area contributed by atoms with Crippen molar-refractivity contribution in [1.29, 1.82) is 0 Å². The summed E-state index contributed by atoms with van der Waals surface area (Å²) in [6.45, 7) is 8.44. The number of fused-ring (bicyclic) bond motifs is 2. The number of rotatable bonds is 9. The number of likely N-dealkylation sites (tertiary alicyclic amines) is 1. The van der Waals surface area contributed by atoms with Crippen LogP contribution in [0.25, 0.3) is 0 Å². The van der Waals surface area contributed by atoms with Crippen LogP contribution < -0.4 is 9.46 Å². The normalized spacial score (nSPS) is 22.5. The van der Waals surface area contributed by atoms with Gasteiger partial charge >= 0.3 is 5.97 Å². The Bertz CT molecular complexity index is 1120. The highest BCUT2D eigenvalue weighted by Gasteiger charge is 2.41. The first kappa shape index (κ1) is 25.8. The zero-order chi connectivity index (χ0) is 25.0. The van der Waals surface area contributed by atoms with Crippen LogP contribution in [0.15, 0.2) is 48.5 Å². The molecule has 3 unspecified atom stereocenters.